The Morgan fingerprint density at radius 3 is 1.67 bits per heavy atom. The van der Waals surface area contributed by atoms with Crippen LogP contribution in [-0.4, -0.2) is 67.6 Å². The van der Waals surface area contributed by atoms with Crippen LogP contribution in [0.1, 0.15) is 99.5 Å². The molecule has 0 bridgehead atoms. The Hall–Kier alpha value is -4.75. The van der Waals surface area contributed by atoms with E-state index in [0.717, 1.165) is 5.69 Å². The molecule has 0 amide bonds. The van der Waals surface area contributed by atoms with E-state index in [2.05, 4.69) is 34.6 Å². The number of rotatable bonds is 6. The largest absolute Gasteiger partial charge is 0.462 e. The molecule has 0 saturated carbocycles. The van der Waals surface area contributed by atoms with E-state index in [1.54, 1.807) is 33.8 Å². The average Bonchev–Trinajstić information content (AvgIpc) is 3.01. The Morgan fingerprint density at radius 1 is 0.690 bits per heavy atom. The zero-order valence-electron chi connectivity index (χ0n) is 26.4. The van der Waals surface area contributed by atoms with Crippen LogP contribution in [0.25, 0.3) is 0 Å². The third-order valence-electron chi connectivity index (χ3n) is 3.57. The fourth-order valence-electron chi connectivity index (χ4n) is 2.09. The molecule has 234 valence electrons. The first-order valence-electron chi connectivity index (χ1n) is 13.7. The Kier molecular flexibility index (Phi) is 27.6. The summed E-state index contributed by atoms with van der Waals surface area (Å²) in [4.78, 5) is 55.5. The second-order valence-electron chi connectivity index (χ2n) is 6.34. The molecule has 0 unspecified atom stereocenters. The molecule has 0 atom stereocenters. The minimum absolute atomic E-state index is 0.122. The van der Waals surface area contributed by atoms with E-state index >= 15 is 0 Å². The van der Waals surface area contributed by atoms with Crippen molar-refractivity contribution in [3.8, 4) is 0 Å². The smallest absolute Gasteiger partial charge is 0.376 e. The lowest BCUT2D eigenvalue weighted by atomic mass is 10.3. The quantitative estimate of drug-likeness (QED) is 0.299. The van der Waals surface area contributed by atoms with Crippen LogP contribution in [0.15, 0.2) is 37.1 Å². The number of aromatic nitrogens is 6. The van der Waals surface area contributed by atoms with E-state index in [1.807, 2.05) is 41.5 Å². The number of anilines is 2. The number of nitrogens with zero attached hydrogens (tertiary/aromatic N) is 6. The van der Waals surface area contributed by atoms with Gasteiger partial charge in [0, 0.05) is 24.3 Å². The monoisotopic (exact) mass is 590 g/mol. The van der Waals surface area contributed by atoms with Gasteiger partial charge in [-0.2, -0.15) is 0 Å². The molecule has 3 rings (SSSR count). The summed E-state index contributed by atoms with van der Waals surface area (Å²) in [6.45, 7) is 20.0. The molecule has 42 heavy (non-hydrogen) atoms. The molecule has 0 fully saturated rings. The van der Waals surface area contributed by atoms with Gasteiger partial charge < -0.3 is 25.7 Å². The van der Waals surface area contributed by atoms with Gasteiger partial charge in [-0.15, -0.1) is 0 Å². The highest BCUT2D eigenvalue weighted by atomic mass is 16.5. The zero-order chi connectivity index (χ0) is 32.9. The van der Waals surface area contributed by atoms with E-state index < -0.39 is 17.9 Å². The average molecular weight is 591 g/mol. The van der Waals surface area contributed by atoms with Gasteiger partial charge in [-0.3, -0.25) is 4.98 Å². The first-order valence-corrected chi connectivity index (χ1v) is 13.7. The fourth-order valence-corrected chi connectivity index (χ4v) is 2.09. The molecule has 4 N–H and O–H groups in total. The van der Waals surface area contributed by atoms with Gasteiger partial charge in [0.15, 0.2) is 5.69 Å². The van der Waals surface area contributed by atoms with E-state index in [9.17, 15) is 14.4 Å². The first kappa shape index (κ1) is 41.7. The molecule has 14 heteroatoms. The summed E-state index contributed by atoms with van der Waals surface area (Å²) < 4.78 is 14.1. The highest BCUT2D eigenvalue weighted by molar-refractivity contribution is 5.88. The summed E-state index contributed by atoms with van der Waals surface area (Å²) in [6, 6.07) is 1.72. The summed E-state index contributed by atoms with van der Waals surface area (Å²) >= 11 is 0. The van der Waals surface area contributed by atoms with Crippen molar-refractivity contribution in [1.82, 2.24) is 29.9 Å². The van der Waals surface area contributed by atoms with Crippen molar-refractivity contribution >= 4 is 29.7 Å². The van der Waals surface area contributed by atoms with Gasteiger partial charge in [0.2, 0.25) is 11.8 Å². The Balaban J connectivity index is -0.000000497. The molecule has 0 radical (unpaired) electrons. The van der Waals surface area contributed by atoms with Crippen LogP contribution in [0.2, 0.25) is 0 Å². The molecule has 3 heterocycles. The number of aryl methyl sites for hydroxylation is 1. The van der Waals surface area contributed by atoms with Crippen molar-refractivity contribution in [2.24, 2.45) is 0 Å². The number of ether oxygens (including phenoxy) is 3. The molecule has 0 aliphatic rings. The van der Waals surface area contributed by atoms with Gasteiger partial charge in [0.25, 0.3) is 0 Å². The van der Waals surface area contributed by atoms with E-state index in [0.29, 0.717) is 25.4 Å². The third kappa shape index (κ3) is 19.3. The van der Waals surface area contributed by atoms with Crippen LogP contribution in [0.3, 0.4) is 0 Å². The zero-order valence-corrected chi connectivity index (χ0v) is 26.4. The van der Waals surface area contributed by atoms with E-state index in [1.165, 1.54) is 31.0 Å². The van der Waals surface area contributed by atoms with Crippen LogP contribution < -0.4 is 11.5 Å². The SMILES string of the molecule is CC.CC.CC.CCOC(=O)c1cnc(N)nc1.CCOC(=O)c1cncc(N)n1.CCOC(=O)c1nccc(C)n1. The molecular formula is C28H46N8O6. The van der Waals surface area contributed by atoms with Crippen LogP contribution in [-0.2, 0) is 14.2 Å². The fraction of sp³-hybridized carbons (Fsp3) is 0.464. The maximum Gasteiger partial charge on any atom is 0.376 e. The van der Waals surface area contributed by atoms with Crippen LogP contribution >= 0.6 is 0 Å². The summed E-state index contributed by atoms with van der Waals surface area (Å²) in [5.41, 5.74) is 11.7. The van der Waals surface area contributed by atoms with Crippen molar-refractivity contribution in [3.05, 3.63) is 59.8 Å². The lowest BCUT2D eigenvalue weighted by Gasteiger charge is -1.99. The number of esters is 3. The van der Waals surface area contributed by atoms with Gasteiger partial charge in [-0.25, -0.2) is 39.3 Å². The first-order chi connectivity index (χ1) is 20.2. The minimum Gasteiger partial charge on any atom is -0.462 e. The minimum atomic E-state index is -0.502. The molecule has 0 saturated heterocycles. The molecule has 0 aromatic carbocycles. The van der Waals surface area contributed by atoms with Crippen molar-refractivity contribution < 1.29 is 28.6 Å². The van der Waals surface area contributed by atoms with Gasteiger partial charge in [0.1, 0.15) is 5.82 Å². The highest BCUT2D eigenvalue weighted by Crippen LogP contribution is 2.00. The molecule has 0 spiro atoms. The number of hydrogen-bond donors (Lipinski definition) is 2. The topological polar surface area (TPSA) is 208 Å². The third-order valence-corrected chi connectivity index (χ3v) is 3.57. The summed E-state index contributed by atoms with van der Waals surface area (Å²) in [7, 11) is 0. The van der Waals surface area contributed by atoms with E-state index in [-0.39, 0.29) is 23.3 Å². The molecule has 0 aliphatic carbocycles. The summed E-state index contributed by atoms with van der Waals surface area (Å²) in [5.74, 6) is -0.934. The van der Waals surface area contributed by atoms with Crippen LogP contribution in [0.4, 0.5) is 11.8 Å². The summed E-state index contributed by atoms with van der Waals surface area (Å²) in [6.07, 6.45) is 6.88. The van der Waals surface area contributed by atoms with Crippen LogP contribution in [0, 0.1) is 6.92 Å². The van der Waals surface area contributed by atoms with E-state index in [4.69, 9.17) is 20.9 Å². The van der Waals surface area contributed by atoms with Crippen molar-refractivity contribution in [2.75, 3.05) is 31.3 Å². The maximum absolute atomic E-state index is 11.0. The van der Waals surface area contributed by atoms with Crippen LogP contribution in [0.5, 0.6) is 0 Å². The number of hydrogen-bond acceptors (Lipinski definition) is 14. The normalized spacial score (nSPS) is 8.52. The second kappa shape index (κ2) is 27.8. The molecular weight excluding hydrogens is 544 g/mol. The lowest BCUT2D eigenvalue weighted by Crippen LogP contribution is -2.09. The molecule has 3 aromatic heterocycles. The Morgan fingerprint density at radius 2 is 1.19 bits per heavy atom. The molecule has 3 aromatic rings. The predicted molar refractivity (Wildman–Crippen MR) is 162 cm³/mol. The number of nitrogens with two attached hydrogens (primary N) is 2. The predicted octanol–water partition coefficient (Wildman–Crippen LogP) is 4.51. The van der Waals surface area contributed by atoms with Gasteiger partial charge in [-0.05, 0) is 33.8 Å². The van der Waals surface area contributed by atoms with Gasteiger partial charge in [0.05, 0.1) is 37.8 Å². The highest BCUT2D eigenvalue weighted by Gasteiger charge is 2.09. The second-order valence-corrected chi connectivity index (χ2v) is 6.34. The number of carbonyl (C=O) groups excluding carboxylic acids is 3. The lowest BCUT2D eigenvalue weighted by molar-refractivity contribution is 0.0505. The number of nitrogen functional groups attached to an aromatic ring is 2. The maximum atomic E-state index is 11.0. The standard InChI is InChI=1S/C8H10N2O2.2C7H9N3O2.3C2H6/c1-3-12-8(11)7-9-5-4-6(2)10-7;1-2-12-7(11)5-3-9-4-6(8)10-5;1-2-12-6(11)5-3-9-7(8)10-4-5;3*1-2/h4-5H,3H2,1-2H3;3-4H,2H2,1H3,(H2,8,10);3-4H,2H2,1H3,(H2,8,9,10);3*1-2H3. The van der Waals surface area contributed by atoms with Crippen molar-refractivity contribution in [2.45, 2.75) is 69.2 Å². The molecule has 14 nitrogen and oxygen atoms in total. The number of carbonyl (C=O) groups is 3. The van der Waals surface area contributed by atoms with Gasteiger partial charge in [-0.1, -0.05) is 41.5 Å². The Labute approximate surface area is 248 Å². The van der Waals surface area contributed by atoms with Crippen molar-refractivity contribution in [3.63, 3.8) is 0 Å². The Bertz CT molecular complexity index is 1070. The van der Waals surface area contributed by atoms with Crippen molar-refractivity contribution in [1.29, 1.82) is 0 Å². The molecule has 0 aliphatic heterocycles. The summed E-state index contributed by atoms with van der Waals surface area (Å²) in [5, 5.41) is 0. The van der Waals surface area contributed by atoms with Gasteiger partial charge >= 0.3 is 17.9 Å².